The van der Waals surface area contributed by atoms with E-state index in [9.17, 15) is 0 Å². The minimum absolute atomic E-state index is 0.804. The molecule has 0 amide bonds. The van der Waals surface area contributed by atoms with E-state index in [1.807, 2.05) is 7.05 Å². The van der Waals surface area contributed by atoms with Gasteiger partial charge >= 0.3 is 0 Å². The molecule has 0 radical (unpaired) electrons. The van der Waals surface area contributed by atoms with Crippen molar-refractivity contribution in [3.05, 3.63) is 0 Å². The topological polar surface area (TPSA) is 15.3 Å². The van der Waals surface area contributed by atoms with Crippen LogP contribution in [0, 0.1) is 0 Å². The average Bonchev–Trinajstić information content (AvgIpc) is 2.09. The summed E-state index contributed by atoms with van der Waals surface area (Å²) in [6.45, 7) is 3.34. The molecule has 0 bridgehead atoms. The second-order valence-electron chi connectivity index (χ2n) is 3.30. The molecule has 1 rings (SSSR count). The molecule has 0 unspecified atom stereocenters. The second-order valence-corrected chi connectivity index (χ2v) is 3.30. The molecular formula is C9H20N2. The molecule has 2 nitrogen and oxygen atoms in total. The van der Waals surface area contributed by atoms with Crippen molar-refractivity contribution >= 4 is 0 Å². The minimum Gasteiger partial charge on any atom is -0.258 e. The zero-order valence-electron chi connectivity index (χ0n) is 7.77. The molecule has 1 fully saturated rings. The van der Waals surface area contributed by atoms with Gasteiger partial charge in [-0.05, 0) is 19.9 Å². The van der Waals surface area contributed by atoms with Crippen molar-refractivity contribution < 1.29 is 0 Å². The van der Waals surface area contributed by atoms with E-state index in [1.54, 1.807) is 0 Å². The van der Waals surface area contributed by atoms with E-state index < -0.39 is 0 Å². The number of rotatable bonds is 3. The van der Waals surface area contributed by atoms with Crippen LogP contribution < -0.4 is 5.43 Å². The molecule has 66 valence electrons. The smallest absolute Gasteiger partial charge is 0.0243 e. The molecule has 0 heterocycles. The highest BCUT2D eigenvalue weighted by atomic mass is 15.5. The summed E-state index contributed by atoms with van der Waals surface area (Å²) >= 11 is 0. The SMILES string of the molecule is CCN(NC)C1CCCCC1. The molecule has 0 aromatic carbocycles. The van der Waals surface area contributed by atoms with Crippen LogP contribution in [-0.4, -0.2) is 24.6 Å². The fourth-order valence-electron chi connectivity index (χ4n) is 1.99. The molecule has 0 aliphatic heterocycles. The van der Waals surface area contributed by atoms with Gasteiger partial charge in [0, 0.05) is 12.6 Å². The average molecular weight is 156 g/mol. The Balaban J connectivity index is 2.30. The Morgan fingerprint density at radius 2 is 1.91 bits per heavy atom. The van der Waals surface area contributed by atoms with Gasteiger partial charge in [-0.3, -0.25) is 5.43 Å². The lowest BCUT2D eigenvalue weighted by Crippen LogP contribution is -2.44. The Kier molecular flexibility index (Phi) is 3.87. The Morgan fingerprint density at radius 3 is 2.36 bits per heavy atom. The third-order valence-electron chi connectivity index (χ3n) is 2.64. The molecule has 1 aliphatic carbocycles. The van der Waals surface area contributed by atoms with Crippen LogP contribution in [0.15, 0.2) is 0 Å². The zero-order valence-corrected chi connectivity index (χ0v) is 7.77. The molecule has 0 aromatic heterocycles. The molecule has 1 saturated carbocycles. The molecule has 11 heavy (non-hydrogen) atoms. The Hall–Kier alpha value is -0.0800. The van der Waals surface area contributed by atoms with E-state index in [0.29, 0.717) is 0 Å². The third-order valence-corrected chi connectivity index (χ3v) is 2.64. The zero-order chi connectivity index (χ0) is 8.10. The Bertz CT molecular complexity index is 93.7. The Morgan fingerprint density at radius 1 is 1.27 bits per heavy atom. The summed E-state index contributed by atoms with van der Waals surface area (Å²) in [5, 5.41) is 2.36. The number of hydrogen-bond acceptors (Lipinski definition) is 2. The molecule has 0 spiro atoms. The van der Waals surface area contributed by atoms with Crippen LogP contribution in [0.2, 0.25) is 0 Å². The predicted octanol–water partition coefficient (Wildman–Crippen LogP) is 1.78. The third kappa shape index (κ3) is 2.46. The van der Waals surface area contributed by atoms with Crippen LogP contribution in [0.5, 0.6) is 0 Å². The van der Waals surface area contributed by atoms with E-state index in [4.69, 9.17) is 0 Å². The van der Waals surface area contributed by atoms with Crippen LogP contribution in [0.1, 0.15) is 39.0 Å². The molecule has 0 saturated heterocycles. The van der Waals surface area contributed by atoms with Gasteiger partial charge in [-0.15, -0.1) is 0 Å². The first kappa shape index (κ1) is 9.01. The van der Waals surface area contributed by atoms with E-state index in [1.165, 1.54) is 32.1 Å². The van der Waals surface area contributed by atoms with Gasteiger partial charge in [0.1, 0.15) is 0 Å². The van der Waals surface area contributed by atoms with Gasteiger partial charge in [0.2, 0.25) is 0 Å². The highest BCUT2D eigenvalue weighted by molar-refractivity contribution is 4.71. The summed E-state index contributed by atoms with van der Waals surface area (Å²) in [6.07, 6.45) is 7.05. The molecule has 1 N–H and O–H groups in total. The van der Waals surface area contributed by atoms with Crippen molar-refractivity contribution in [1.82, 2.24) is 10.4 Å². The quantitative estimate of drug-likeness (QED) is 0.627. The van der Waals surface area contributed by atoms with Crippen molar-refractivity contribution in [2.24, 2.45) is 0 Å². The number of hydrazine groups is 1. The van der Waals surface area contributed by atoms with Gasteiger partial charge in [0.25, 0.3) is 0 Å². The van der Waals surface area contributed by atoms with Gasteiger partial charge < -0.3 is 0 Å². The first-order chi connectivity index (χ1) is 5.38. The maximum atomic E-state index is 3.25. The first-order valence-electron chi connectivity index (χ1n) is 4.82. The van der Waals surface area contributed by atoms with Crippen LogP contribution in [-0.2, 0) is 0 Å². The van der Waals surface area contributed by atoms with Crippen molar-refractivity contribution in [3.8, 4) is 0 Å². The highest BCUT2D eigenvalue weighted by Gasteiger charge is 2.17. The lowest BCUT2D eigenvalue weighted by atomic mass is 9.95. The van der Waals surface area contributed by atoms with Crippen molar-refractivity contribution in [1.29, 1.82) is 0 Å². The maximum absolute atomic E-state index is 3.25. The standard InChI is InChI=1S/C9H20N2/c1-3-11(10-2)9-7-5-4-6-8-9/h9-10H,3-8H2,1-2H3. The summed E-state index contributed by atoms with van der Waals surface area (Å²) in [6, 6.07) is 0.804. The summed E-state index contributed by atoms with van der Waals surface area (Å²) in [5.41, 5.74) is 3.25. The first-order valence-corrected chi connectivity index (χ1v) is 4.82. The lowest BCUT2D eigenvalue weighted by molar-refractivity contribution is 0.115. The van der Waals surface area contributed by atoms with Crippen molar-refractivity contribution in [2.45, 2.75) is 45.1 Å². The highest BCUT2D eigenvalue weighted by Crippen LogP contribution is 2.20. The van der Waals surface area contributed by atoms with Crippen LogP contribution in [0.4, 0.5) is 0 Å². The van der Waals surface area contributed by atoms with Crippen LogP contribution in [0.25, 0.3) is 0 Å². The number of hydrogen-bond donors (Lipinski definition) is 1. The van der Waals surface area contributed by atoms with Gasteiger partial charge in [0.15, 0.2) is 0 Å². The van der Waals surface area contributed by atoms with E-state index >= 15 is 0 Å². The van der Waals surface area contributed by atoms with Crippen molar-refractivity contribution in [2.75, 3.05) is 13.6 Å². The van der Waals surface area contributed by atoms with Crippen molar-refractivity contribution in [3.63, 3.8) is 0 Å². The van der Waals surface area contributed by atoms with E-state index in [0.717, 1.165) is 12.6 Å². The molecule has 2 heteroatoms. The normalized spacial score (nSPS) is 21.0. The number of nitrogens with zero attached hydrogens (tertiary/aromatic N) is 1. The summed E-state index contributed by atoms with van der Waals surface area (Å²) in [5.74, 6) is 0. The van der Waals surface area contributed by atoms with E-state index in [2.05, 4.69) is 17.4 Å². The molecule has 1 aliphatic rings. The largest absolute Gasteiger partial charge is 0.258 e. The molecular weight excluding hydrogens is 136 g/mol. The lowest BCUT2D eigenvalue weighted by Gasteiger charge is -2.32. The number of nitrogens with one attached hydrogen (secondary N) is 1. The summed E-state index contributed by atoms with van der Waals surface area (Å²) in [4.78, 5) is 0. The summed E-state index contributed by atoms with van der Waals surface area (Å²) in [7, 11) is 2.03. The van der Waals surface area contributed by atoms with Gasteiger partial charge in [-0.1, -0.05) is 26.2 Å². The summed E-state index contributed by atoms with van der Waals surface area (Å²) < 4.78 is 0. The predicted molar refractivity (Wildman–Crippen MR) is 48.3 cm³/mol. The fraction of sp³-hybridized carbons (Fsp3) is 1.00. The monoisotopic (exact) mass is 156 g/mol. The van der Waals surface area contributed by atoms with Gasteiger partial charge in [-0.25, -0.2) is 5.01 Å². The van der Waals surface area contributed by atoms with Gasteiger partial charge in [0.05, 0.1) is 0 Å². The Labute approximate surface area is 69.9 Å². The van der Waals surface area contributed by atoms with Gasteiger partial charge in [-0.2, -0.15) is 0 Å². The second kappa shape index (κ2) is 4.73. The van der Waals surface area contributed by atoms with Crippen LogP contribution in [0.3, 0.4) is 0 Å². The molecule has 0 aromatic rings. The van der Waals surface area contributed by atoms with E-state index in [-0.39, 0.29) is 0 Å². The van der Waals surface area contributed by atoms with Crippen LogP contribution >= 0.6 is 0 Å². The minimum atomic E-state index is 0.804. The maximum Gasteiger partial charge on any atom is 0.0243 e. The molecule has 0 atom stereocenters. The fourth-order valence-corrected chi connectivity index (χ4v) is 1.99.